The summed E-state index contributed by atoms with van der Waals surface area (Å²) in [4.78, 5) is 8.33. The second-order valence-electron chi connectivity index (χ2n) is 7.89. The molecule has 2 aromatic heterocycles. The number of hydrogen-bond acceptors (Lipinski definition) is 6. The van der Waals surface area contributed by atoms with Crippen LogP contribution in [0.3, 0.4) is 0 Å². The molecular weight excluding hydrogens is 413 g/mol. The molecule has 2 fully saturated rings. The Balaban J connectivity index is 1.72. The molecule has 4 atom stereocenters. The third-order valence-electron chi connectivity index (χ3n) is 5.76. The van der Waals surface area contributed by atoms with Crippen LogP contribution in [0.4, 0.5) is 4.39 Å². The summed E-state index contributed by atoms with van der Waals surface area (Å²) in [6.07, 6.45) is 0.823. The average molecular weight is 434 g/mol. The van der Waals surface area contributed by atoms with Crippen LogP contribution in [0.15, 0.2) is 30.7 Å². The molecule has 158 valence electrons. The van der Waals surface area contributed by atoms with Crippen LogP contribution in [0.2, 0.25) is 5.15 Å². The number of fused-ring (bicyclic) bond motifs is 2. The molecule has 30 heavy (non-hydrogen) atoms. The van der Waals surface area contributed by atoms with Gasteiger partial charge in [0.05, 0.1) is 23.8 Å². The molecule has 0 radical (unpaired) electrons. The molecule has 0 spiro atoms. The molecule has 7 nitrogen and oxygen atoms in total. The van der Waals surface area contributed by atoms with Gasteiger partial charge in [0, 0.05) is 17.3 Å². The highest BCUT2D eigenvalue weighted by Gasteiger charge is 2.46. The predicted molar refractivity (Wildman–Crippen MR) is 107 cm³/mol. The number of aliphatic hydroxyl groups is 1. The zero-order chi connectivity index (χ0) is 21.0. The molecule has 0 amide bonds. The predicted octanol–water partition coefficient (Wildman–Crippen LogP) is 3.72. The van der Waals surface area contributed by atoms with Crippen LogP contribution >= 0.6 is 11.6 Å². The minimum absolute atomic E-state index is 0.149. The summed E-state index contributed by atoms with van der Waals surface area (Å²) in [5.41, 5.74) is 1.61. The zero-order valence-electron chi connectivity index (χ0n) is 16.5. The molecule has 3 aromatic rings. The van der Waals surface area contributed by atoms with Crippen molar-refractivity contribution in [1.82, 2.24) is 14.5 Å². The fourth-order valence-electron chi connectivity index (χ4n) is 4.16. The molecule has 0 saturated carbocycles. The Kier molecular flexibility index (Phi) is 4.99. The van der Waals surface area contributed by atoms with Gasteiger partial charge in [-0.2, -0.15) is 0 Å². The second kappa shape index (κ2) is 7.55. The highest BCUT2D eigenvalue weighted by atomic mass is 35.5. The summed E-state index contributed by atoms with van der Waals surface area (Å²) in [5.74, 6) is -0.669. The maximum Gasteiger partial charge on any atom is 0.149 e. The van der Waals surface area contributed by atoms with Gasteiger partial charge in [-0.1, -0.05) is 31.5 Å². The first-order valence-corrected chi connectivity index (χ1v) is 10.2. The molecule has 2 saturated heterocycles. The first-order valence-electron chi connectivity index (χ1n) is 9.80. The number of ether oxygens (including phenoxy) is 3. The van der Waals surface area contributed by atoms with E-state index < -0.39 is 24.1 Å². The van der Waals surface area contributed by atoms with Crippen molar-refractivity contribution in [2.75, 3.05) is 13.4 Å². The third-order valence-corrected chi connectivity index (χ3v) is 6.06. The maximum absolute atomic E-state index is 15.9. The van der Waals surface area contributed by atoms with Gasteiger partial charge in [0.25, 0.3) is 0 Å². The van der Waals surface area contributed by atoms with E-state index in [2.05, 4.69) is 9.97 Å². The van der Waals surface area contributed by atoms with E-state index >= 15 is 4.39 Å². The lowest BCUT2D eigenvalue weighted by Crippen LogP contribution is -2.24. The number of aromatic nitrogens is 3. The Labute approximate surface area is 177 Å². The summed E-state index contributed by atoms with van der Waals surface area (Å²) in [7, 11) is 0. The van der Waals surface area contributed by atoms with Crippen molar-refractivity contribution in [2.24, 2.45) is 5.92 Å². The van der Waals surface area contributed by atoms with Crippen molar-refractivity contribution in [1.29, 1.82) is 0 Å². The van der Waals surface area contributed by atoms with Gasteiger partial charge < -0.3 is 23.9 Å². The topological polar surface area (TPSA) is 78.6 Å². The number of benzene rings is 1. The first kappa shape index (κ1) is 19.8. The van der Waals surface area contributed by atoms with E-state index in [-0.39, 0.29) is 24.4 Å². The molecule has 9 heteroatoms. The molecule has 0 aliphatic carbocycles. The highest BCUT2D eigenvalue weighted by Crippen LogP contribution is 2.42. The standard InChI is InChI=1S/C21H21ClFN3O4/c1-10(2)17(27)11-3-4-13(26-6-5-12-20(22)24-8-25-21(12)26)15(16(11)23)19-18-14(7-28-19)29-9-30-18/h3-6,8,10,14,17-19,27H,7,9H2,1-2H3/t14-,17?,18+,19+/m1/s1. The lowest BCUT2D eigenvalue weighted by molar-refractivity contribution is -0.0440. The normalized spacial score (nSPS) is 24.7. The van der Waals surface area contributed by atoms with Gasteiger partial charge in [0.2, 0.25) is 0 Å². The van der Waals surface area contributed by atoms with Crippen LogP contribution < -0.4 is 0 Å². The summed E-state index contributed by atoms with van der Waals surface area (Å²) >= 11 is 6.20. The summed E-state index contributed by atoms with van der Waals surface area (Å²) in [6, 6.07) is 5.15. The lowest BCUT2D eigenvalue weighted by atomic mass is 9.92. The van der Waals surface area contributed by atoms with Gasteiger partial charge in [0.15, 0.2) is 0 Å². The van der Waals surface area contributed by atoms with Crippen LogP contribution in [-0.2, 0) is 14.2 Å². The van der Waals surface area contributed by atoms with Gasteiger partial charge in [0.1, 0.15) is 48.0 Å². The average Bonchev–Trinajstić information content (AvgIpc) is 3.43. The van der Waals surface area contributed by atoms with E-state index in [1.54, 1.807) is 29.0 Å². The Bertz CT molecular complexity index is 1110. The largest absolute Gasteiger partial charge is 0.388 e. The monoisotopic (exact) mass is 433 g/mol. The molecule has 1 N–H and O–H groups in total. The minimum atomic E-state index is -0.950. The molecule has 1 aromatic carbocycles. The van der Waals surface area contributed by atoms with E-state index in [0.29, 0.717) is 34.0 Å². The summed E-state index contributed by atoms with van der Waals surface area (Å²) in [6.45, 7) is 4.14. The van der Waals surface area contributed by atoms with E-state index in [4.69, 9.17) is 25.8 Å². The van der Waals surface area contributed by atoms with Crippen molar-refractivity contribution >= 4 is 22.6 Å². The molecule has 5 rings (SSSR count). The van der Waals surface area contributed by atoms with Gasteiger partial charge >= 0.3 is 0 Å². The van der Waals surface area contributed by atoms with E-state index in [1.807, 2.05) is 13.8 Å². The zero-order valence-corrected chi connectivity index (χ0v) is 17.2. The molecule has 4 heterocycles. The summed E-state index contributed by atoms with van der Waals surface area (Å²) in [5, 5.41) is 11.6. The third kappa shape index (κ3) is 3.02. The molecule has 2 aliphatic heterocycles. The van der Waals surface area contributed by atoms with E-state index in [1.165, 1.54) is 6.33 Å². The number of rotatable bonds is 4. The fourth-order valence-corrected chi connectivity index (χ4v) is 4.35. The van der Waals surface area contributed by atoms with Crippen molar-refractivity contribution < 1.29 is 23.7 Å². The SMILES string of the molecule is CC(C)C(O)c1ccc(-n2ccc3c(Cl)ncnc32)c([C@@H]2OC[C@H]3OCO[C@@H]32)c1F. The van der Waals surface area contributed by atoms with Crippen molar-refractivity contribution in [2.45, 2.75) is 38.3 Å². The molecular formula is C21H21ClFN3O4. The molecule has 0 bridgehead atoms. The van der Waals surface area contributed by atoms with E-state index in [0.717, 1.165) is 0 Å². The van der Waals surface area contributed by atoms with Crippen LogP contribution in [0.25, 0.3) is 16.7 Å². The molecule has 2 aliphatic rings. The number of hydrogen-bond donors (Lipinski definition) is 1. The Morgan fingerprint density at radius 3 is 2.83 bits per heavy atom. The van der Waals surface area contributed by atoms with Crippen LogP contribution in [0.5, 0.6) is 0 Å². The van der Waals surface area contributed by atoms with Gasteiger partial charge in [-0.3, -0.25) is 0 Å². The lowest BCUT2D eigenvalue weighted by Gasteiger charge is -2.24. The quantitative estimate of drug-likeness (QED) is 0.632. The van der Waals surface area contributed by atoms with Gasteiger partial charge in [-0.05, 0) is 18.1 Å². The maximum atomic E-state index is 15.9. The van der Waals surface area contributed by atoms with Crippen LogP contribution in [0, 0.1) is 11.7 Å². The number of aliphatic hydroxyl groups excluding tert-OH is 1. The van der Waals surface area contributed by atoms with Crippen molar-refractivity contribution in [3.8, 4) is 5.69 Å². The van der Waals surface area contributed by atoms with Crippen LogP contribution in [0.1, 0.15) is 37.2 Å². The van der Waals surface area contributed by atoms with Gasteiger partial charge in [-0.15, -0.1) is 0 Å². The number of nitrogens with zero attached hydrogens (tertiary/aromatic N) is 3. The Morgan fingerprint density at radius 2 is 2.03 bits per heavy atom. The fraction of sp³-hybridized carbons (Fsp3) is 0.429. The van der Waals surface area contributed by atoms with Crippen molar-refractivity contribution in [3.05, 3.63) is 52.8 Å². The Morgan fingerprint density at radius 1 is 1.20 bits per heavy atom. The highest BCUT2D eigenvalue weighted by molar-refractivity contribution is 6.33. The summed E-state index contributed by atoms with van der Waals surface area (Å²) < 4.78 is 34.8. The molecule has 1 unspecified atom stereocenters. The van der Waals surface area contributed by atoms with Crippen LogP contribution in [-0.4, -0.2) is 45.2 Å². The van der Waals surface area contributed by atoms with Gasteiger partial charge in [-0.25, -0.2) is 14.4 Å². The first-order chi connectivity index (χ1) is 14.5. The van der Waals surface area contributed by atoms with E-state index in [9.17, 15) is 5.11 Å². The smallest absolute Gasteiger partial charge is 0.149 e. The van der Waals surface area contributed by atoms with Crippen molar-refractivity contribution in [3.63, 3.8) is 0 Å². The second-order valence-corrected chi connectivity index (χ2v) is 8.24. The number of halogens is 2. The Hall–Kier alpha value is -2.10. The minimum Gasteiger partial charge on any atom is -0.388 e.